The molecule has 2 atom stereocenters. The molecule has 134 valence electrons. The van der Waals surface area contributed by atoms with Gasteiger partial charge in [0.1, 0.15) is 24.9 Å². The van der Waals surface area contributed by atoms with Gasteiger partial charge < -0.3 is 14.4 Å². The van der Waals surface area contributed by atoms with E-state index in [0.717, 1.165) is 6.54 Å². The molecule has 0 saturated carbocycles. The van der Waals surface area contributed by atoms with Gasteiger partial charge in [-0.3, -0.25) is 0 Å². The highest BCUT2D eigenvalue weighted by Crippen LogP contribution is 2.27. The molecule has 25 heavy (non-hydrogen) atoms. The SMILES string of the molecule is C[C@H](C[NH+](C)Cc1ccccc1)OC(=O)COc1ccc(Cl)cc1Cl. The fraction of sp³-hybridized carbons (Fsp3) is 0.316. The quantitative estimate of drug-likeness (QED) is 0.713. The van der Waals surface area contributed by atoms with E-state index in [1.54, 1.807) is 18.2 Å². The number of carbonyl (C=O) groups is 1. The lowest BCUT2D eigenvalue weighted by atomic mass is 10.2. The third kappa shape index (κ3) is 6.94. The van der Waals surface area contributed by atoms with E-state index < -0.39 is 5.97 Å². The van der Waals surface area contributed by atoms with E-state index in [4.69, 9.17) is 32.7 Å². The summed E-state index contributed by atoms with van der Waals surface area (Å²) in [5, 5.41) is 0.873. The zero-order valence-corrected chi connectivity index (χ0v) is 15.8. The van der Waals surface area contributed by atoms with Gasteiger partial charge in [0.2, 0.25) is 0 Å². The normalized spacial score (nSPS) is 13.1. The Labute approximate surface area is 158 Å². The topological polar surface area (TPSA) is 40.0 Å². The average molecular weight is 383 g/mol. The molecule has 1 N–H and O–H groups in total. The summed E-state index contributed by atoms with van der Waals surface area (Å²) in [7, 11) is 2.07. The van der Waals surface area contributed by atoms with Gasteiger partial charge in [-0.1, -0.05) is 53.5 Å². The number of halogens is 2. The van der Waals surface area contributed by atoms with Crippen molar-refractivity contribution in [2.24, 2.45) is 0 Å². The highest BCUT2D eigenvalue weighted by molar-refractivity contribution is 6.35. The third-order valence-corrected chi connectivity index (χ3v) is 4.09. The number of likely N-dealkylation sites (N-methyl/N-ethyl adjacent to an activating group) is 1. The van der Waals surface area contributed by atoms with Crippen LogP contribution >= 0.6 is 23.2 Å². The van der Waals surface area contributed by atoms with Crippen LogP contribution in [0.15, 0.2) is 48.5 Å². The van der Waals surface area contributed by atoms with E-state index >= 15 is 0 Å². The smallest absolute Gasteiger partial charge is 0.344 e. The molecule has 2 aromatic carbocycles. The molecule has 0 amide bonds. The van der Waals surface area contributed by atoms with Crippen molar-refractivity contribution in [3.8, 4) is 5.75 Å². The molecular weight excluding hydrogens is 361 g/mol. The first-order valence-electron chi connectivity index (χ1n) is 8.06. The Morgan fingerprint density at radius 2 is 1.88 bits per heavy atom. The molecule has 0 aliphatic heterocycles. The van der Waals surface area contributed by atoms with Crippen molar-refractivity contribution < 1.29 is 19.2 Å². The van der Waals surface area contributed by atoms with Gasteiger partial charge in [0.05, 0.1) is 12.1 Å². The fourth-order valence-electron chi connectivity index (χ4n) is 2.54. The number of quaternary nitrogens is 1. The van der Waals surface area contributed by atoms with Crippen LogP contribution in [0.1, 0.15) is 12.5 Å². The van der Waals surface area contributed by atoms with Gasteiger partial charge in [-0.2, -0.15) is 0 Å². The zero-order chi connectivity index (χ0) is 18.2. The summed E-state index contributed by atoms with van der Waals surface area (Å²) in [5.74, 6) is -0.0199. The van der Waals surface area contributed by atoms with Crippen molar-refractivity contribution in [2.45, 2.75) is 19.6 Å². The first-order chi connectivity index (χ1) is 11.9. The largest absolute Gasteiger partial charge is 0.480 e. The maximum atomic E-state index is 11.9. The Bertz CT molecular complexity index is 694. The van der Waals surface area contributed by atoms with Crippen LogP contribution in [0.3, 0.4) is 0 Å². The Kier molecular flexibility index (Phi) is 7.56. The Balaban J connectivity index is 1.74. The molecule has 0 spiro atoms. The lowest BCUT2D eigenvalue weighted by Crippen LogP contribution is -3.08. The fourth-order valence-corrected chi connectivity index (χ4v) is 3.00. The van der Waals surface area contributed by atoms with Gasteiger partial charge in [-0.05, 0) is 25.1 Å². The molecule has 0 aliphatic carbocycles. The van der Waals surface area contributed by atoms with Gasteiger partial charge in [-0.15, -0.1) is 0 Å². The van der Waals surface area contributed by atoms with Gasteiger partial charge in [0.25, 0.3) is 0 Å². The molecule has 0 radical (unpaired) electrons. The summed E-state index contributed by atoms with van der Waals surface area (Å²) < 4.78 is 10.8. The summed E-state index contributed by atoms with van der Waals surface area (Å²) in [6.07, 6.45) is -0.208. The molecule has 1 unspecified atom stereocenters. The Morgan fingerprint density at radius 3 is 2.56 bits per heavy atom. The van der Waals surface area contributed by atoms with Crippen LogP contribution in [-0.4, -0.2) is 32.3 Å². The van der Waals surface area contributed by atoms with Crippen molar-refractivity contribution in [1.29, 1.82) is 0 Å². The van der Waals surface area contributed by atoms with Crippen LogP contribution in [0, 0.1) is 0 Å². The second-order valence-electron chi connectivity index (χ2n) is 5.99. The molecule has 0 bridgehead atoms. The van der Waals surface area contributed by atoms with E-state index in [0.29, 0.717) is 22.3 Å². The van der Waals surface area contributed by atoms with Crippen LogP contribution in [0.4, 0.5) is 0 Å². The lowest BCUT2D eigenvalue weighted by Gasteiger charge is -2.19. The minimum Gasteiger partial charge on any atom is -0.480 e. The standard InChI is InChI=1S/C19H21Cl2NO3/c1-14(11-22(2)12-15-6-4-3-5-7-15)25-19(23)13-24-18-9-8-16(20)10-17(18)21/h3-10,14H,11-13H2,1-2H3/p+1/t14-/m1/s1. The molecule has 0 aliphatic rings. The molecule has 0 heterocycles. The van der Waals surface area contributed by atoms with Crippen molar-refractivity contribution in [1.82, 2.24) is 0 Å². The molecule has 0 aromatic heterocycles. The highest BCUT2D eigenvalue weighted by Gasteiger charge is 2.15. The number of hydrogen-bond acceptors (Lipinski definition) is 3. The monoisotopic (exact) mass is 382 g/mol. The summed E-state index contributed by atoms with van der Waals surface area (Å²) in [5.41, 5.74) is 1.25. The molecule has 6 heteroatoms. The number of nitrogens with one attached hydrogen (secondary N) is 1. The van der Waals surface area contributed by atoms with Gasteiger partial charge >= 0.3 is 5.97 Å². The summed E-state index contributed by atoms with van der Waals surface area (Å²) in [4.78, 5) is 13.2. The van der Waals surface area contributed by atoms with E-state index in [1.807, 2.05) is 25.1 Å². The summed E-state index contributed by atoms with van der Waals surface area (Å²) in [6.45, 7) is 3.27. The van der Waals surface area contributed by atoms with Gasteiger partial charge in [-0.25, -0.2) is 4.79 Å². The highest BCUT2D eigenvalue weighted by atomic mass is 35.5. The second-order valence-corrected chi connectivity index (χ2v) is 6.83. The number of esters is 1. The average Bonchev–Trinajstić information content (AvgIpc) is 2.54. The third-order valence-electron chi connectivity index (χ3n) is 3.56. The minimum atomic E-state index is -0.425. The number of benzene rings is 2. The van der Waals surface area contributed by atoms with Crippen molar-refractivity contribution in [3.05, 3.63) is 64.1 Å². The number of carbonyl (C=O) groups excluding carboxylic acids is 1. The second kappa shape index (κ2) is 9.66. The van der Waals surface area contributed by atoms with E-state index in [2.05, 4.69) is 19.2 Å². The predicted molar refractivity (Wildman–Crippen MR) is 99.4 cm³/mol. The van der Waals surface area contributed by atoms with Crippen LogP contribution in [0.5, 0.6) is 5.75 Å². The van der Waals surface area contributed by atoms with Crippen molar-refractivity contribution >= 4 is 29.2 Å². The van der Waals surface area contributed by atoms with E-state index in [9.17, 15) is 4.79 Å². The van der Waals surface area contributed by atoms with Crippen LogP contribution < -0.4 is 9.64 Å². The first kappa shape index (κ1) is 19.6. The first-order valence-corrected chi connectivity index (χ1v) is 8.82. The lowest BCUT2D eigenvalue weighted by molar-refractivity contribution is -0.896. The zero-order valence-electron chi connectivity index (χ0n) is 14.3. The number of ether oxygens (including phenoxy) is 2. The molecule has 0 fully saturated rings. The Morgan fingerprint density at radius 1 is 1.16 bits per heavy atom. The van der Waals surface area contributed by atoms with Crippen LogP contribution in [0.2, 0.25) is 10.0 Å². The van der Waals surface area contributed by atoms with Gasteiger partial charge in [0, 0.05) is 10.6 Å². The van der Waals surface area contributed by atoms with E-state index in [1.165, 1.54) is 10.5 Å². The summed E-state index contributed by atoms with van der Waals surface area (Å²) in [6, 6.07) is 15.0. The molecule has 0 saturated heterocycles. The summed E-state index contributed by atoms with van der Waals surface area (Å²) >= 11 is 11.8. The maximum Gasteiger partial charge on any atom is 0.344 e. The van der Waals surface area contributed by atoms with Gasteiger partial charge in [0.15, 0.2) is 6.61 Å². The molecule has 4 nitrogen and oxygen atoms in total. The Hall–Kier alpha value is -1.75. The number of rotatable bonds is 8. The van der Waals surface area contributed by atoms with Crippen molar-refractivity contribution in [3.63, 3.8) is 0 Å². The van der Waals surface area contributed by atoms with E-state index in [-0.39, 0.29) is 12.7 Å². The predicted octanol–water partition coefficient (Wildman–Crippen LogP) is 3.02. The molecule has 2 rings (SSSR count). The minimum absolute atomic E-state index is 0.191. The van der Waals surface area contributed by atoms with Crippen LogP contribution in [0.25, 0.3) is 0 Å². The van der Waals surface area contributed by atoms with Crippen molar-refractivity contribution in [2.75, 3.05) is 20.2 Å². The molecular formula is C19H22Cl2NO3+. The van der Waals surface area contributed by atoms with Crippen LogP contribution in [-0.2, 0) is 16.1 Å². The number of hydrogen-bond donors (Lipinski definition) is 1. The molecule has 2 aromatic rings. The maximum absolute atomic E-state index is 11.9.